The zero-order valence-electron chi connectivity index (χ0n) is 11.5. The van der Waals surface area contributed by atoms with Gasteiger partial charge in [0.1, 0.15) is 0 Å². The molecule has 4 heteroatoms. The first-order chi connectivity index (χ1) is 8.43. The molecule has 0 saturated heterocycles. The van der Waals surface area contributed by atoms with Gasteiger partial charge in [0.25, 0.3) is 0 Å². The molecule has 102 valence electrons. The molecule has 0 atom stereocenters. The maximum absolute atomic E-state index is 12.1. The zero-order chi connectivity index (χ0) is 13.7. The third kappa shape index (κ3) is 3.86. The summed E-state index contributed by atoms with van der Waals surface area (Å²) in [5.41, 5.74) is 0.469. The van der Waals surface area contributed by atoms with Gasteiger partial charge in [-0.3, -0.25) is 4.79 Å². The molecule has 1 amide bonds. The molecule has 0 aromatic carbocycles. The Labute approximate surface area is 109 Å². The molecule has 1 rings (SSSR count). The van der Waals surface area contributed by atoms with Crippen LogP contribution in [0.1, 0.15) is 46.0 Å². The van der Waals surface area contributed by atoms with Crippen LogP contribution in [0.5, 0.6) is 0 Å². The molecule has 1 aliphatic rings. The Kier molecular flexibility index (Phi) is 5.38. The van der Waals surface area contributed by atoms with E-state index >= 15 is 0 Å². The van der Waals surface area contributed by atoms with Crippen molar-refractivity contribution in [3.63, 3.8) is 0 Å². The van der Waals surface area contributed by atoms with E-state index in [2.05, 4.69) is 0 Å². The predicted octanol–water partition coefficient (Wildman–Crippen LogP) is 2.45. The molecule has 18 heavy (non-hydrogen) atoms. The SMILES string of the molecule is CC(C(=O)O)=C(C)C(=O)N(C)CC1CCCCC1. The Morgan fingerprint density at radius 2 is 1.67 bits per heavy atom. The highest BCUT2D eigenvalue weighted by Gasteiger charge is 2.21. The molecule has 0 aromatic rings. The molecule has 1 aliphatic carbocycles. The Hall–Kier alpha value is -1.32. The van der Waals surface area contributed by atoms with Crippen LogP contribution >= 0.6 is 0 Å². The summed E-state index contributed by atoms with van der Waals surface area (Å²) in [7, 11) is 1.76. The summed E-state index contributed by atoms with van der Waals surface area (Å²) in [6.07, 6.45) is 6.15. The van der Waals surface area contributed by atoms with E-state index < -0.39 is 5.97 Å². The Morgan fingerprint density at radius 1 is 1.11 bits per heavy atom. The lowest BCUT2D eigenvalue weighted by molar-refractivity contribution is -0.133. The lowest BCUT2D eigenvalue weighted by Crippen LogP contribution is -2.33. The average molecular weight is 253 g/mol. The van der Waals surface area contributed by atoms with Gasteiger partial charge in [-0.05, 0) is 32.6 Å². The first kappa shape index (κ1) is 14.7. The molecule has 0 aliphatic heterocycles. The molecular formula is C14H23NO3. The normalized spacial score (nSPS) is 18.2. The van der Waals surface area contributed by atoms with E-state index in [1.165, 1.54) is 39.0 Å². The Bertz CT molecular complexity index is 354. The van der Waals surface area contributed by atoms with Gasteiger partial charge in [-0.15, -0.1) is 0 Å². The highest BCUT2D eigenvalue weighted by molar-refractivity contribution is 6.01. The molecule has 1 fully saturated rings. The fraction of sp³-hybridized carbons (Fsp3) is 0.714. The van der Waals surface area contributed by atoms with Crippen molar-refractivity contribution < 1.29 is 14.7 Å². The van der Waals surface area contributed by atoms with Gasteiger partial charge >= 0.3 is 5.97 Å². The van der Waals surface area contributed by atoms with E-state index in [0.29, 0.717) is 11.5 Å². The second kappa shape index (κ2) is 6.57. The minimum Gasteiger partial charge on any atom is -0.478 e. The minimum absolute atomic E-state index is 0.135. The molecule has 1 saturated carbocycles. The fourth-order valence-corrected chi connectivity index (χ4v) is 2.45. The molecule has 0 aromatic heterocycles. The summed E-state index contributed by atoms with van der Waals surface area (Å²) in [5.74, 6) is -0.613. The predicted molar refractivity (Wildman–Crippen MR) is 70.2 cm³/mol. The van der Waals surface area contributed by atoms with Crippen molar-refractivity contribution in [2.75, 3.05) is 13.6 Å². The van der Waals surface area contributed by atoms with Crippen molar-refractivity contribution in [2.24, 2.45) is 5.92 Å². The first-order valence-electron chi connectivity index (χ1n) is 6.59. The number of hydrogen-bond donors (Lipinski definition) is 1. The number of amides is 1. The van der Waals surface area contributed by atoms with E-state index in [1.54, 1.807) is 18.9 Å². The van der Waals surface area contributed by atoms with Crippen LogP contribution in [-0.2, 0) is 9.59 Å². The van der Waals surface area contributed by atoms with Gasteiger partial charge in [0.2, 0.25) is 5.91 Å². The summed E-state index contributed by atoms with van der Waals surface area (Å²) < 4.78 is 0. The molecule has 0 radical (unpaired) electrons. The van der Waals surface area contributed by atoms with E-state index in [1.807, 2.05) is 0 Å². The highest BCUT2D eigenvalue weighted by Crippen LogP contribution is 2.24. The lowest BCUT2D eigenvalue weighted by atomic mass is 9.89. The van der Waals surface area contributed by atoms with Crippen LogP contribution in [0.2, 0.25) is 0 Å². The molecule has 0 bridgehead atoms. The maximum Gasteiger partial charge on any atom is 0.331 e. The maximum atomic E-state index is 12.1. The largest absolute Gasteiger partial charge is 0.478 e. The number of nitrogens with zero attached hydrogens (tertiary/aromatic N) is 1. The van der Waals surface area contributed by atoms with Crippen molar-refractivity contribution in [3.8, 4) is 0 Å². The van der Waals surface area contributed by atoms with Crippen molar-refractivity contribution in [3.05, 3.63) is 11.1 Å². The average Bonchev–Trinajstić information content (AvgIpc) is 2.37. The third-order valence-corrected chi connectivity index (χ3v) is 3.81. The molecular weight excluding hydrogens is 230 g/mol. The van der Waals surface area contributed by atoms with Crippen molar-refractivity contribution in [1.29, 1.82) is 0 Å². The summed E-state index contributed by atoms with van der Waals surface area (Å²) in [6.45, 7) is 3.80. The number of likely N-dealkylation sites (N-methyl/N-ethyl adjacent to an activating group) is 1. The van der Waals surface area contributed by atoms with E-state index in [9.17, 15) is 9.59 Å². The fourth-order valence-electron chi connectivity index (χ4n) is 2.45. The third-order valence-electron chi connectivity index (χ3n) is 3.81. The quantitative estimate of drug-likeness (QED) is 0.783. The number of aliphatic carboxylic acids is 1. The van der Waals surface area contributed by atoms with Crippen LogP contribution < -0.4 is 0 Å². The smallest absolute Gasteiger partial charge is 0.331 e. The standard InChI is InChI=1S/C14H23NO3/c1-10(11(2)14(17)18)13(16)15(3)9-12-7-5-4-6-8-12/h12H,4-9H2,1-3H3,(H,17,18). The number of carboxylic acids is 1. The first-order valence-corrected chi connectivity index (χ1v) is 6.59. The van der Waals surface area contributed by atoms with Gasteiger partial charge in [0, 0.05) is 24.7 Å². The van der Waals surface area contributed by atoms with Gasteiger partial charge in [0.15, 0.2) is 0 Å². The molecule has 4 nitrogen and oxygen atoms in total. The van der Waals surface area contributed by atoms with Crippen molar-refractivity contribution in [1.82, 2.24) is 4.90 Å². The summed E-state index contributed by atoms with van der Waals surface area (Å²) in [6, 6.07) is 0. The monoisotopic (exact) mass is 253 g/mol. The van der Waals surface area contributed by atoms with E-state index in [4.69, 9.17) is 5.11 Å². The number of carbonyl (C=O) groups is 2. The van der Waals surface area contributed by atoms with Crippen molar-refractivity contribution in [2.45, 2.75) is 46.0 Å². The zero-order valence-corrected chi connectivity index (χ0v) is 11.5. The van der Waals surface area contributed by atoms with Crippen LogP contribution in [-0.4, -0.2) is 35.5 Å². The summed E-state index contributed by atoms with van der Waals surface area (Å²) >= 11 is 0. The number of rotatable bonds is 4. The van der Waals surface area contributed by atoms with Gasteiger partial charge in [0.05, 0.1) is 0 Å². The molecule has 0 spiro atoms. The van der Waals surface area contributed by atoms with Gasteiger partial charge in [-0.1, -0.05) is 19.3 Å². The summed E-state index contributed by atoms with van der Waals surface area (Å²) in [5, 5.41) is 8.88. The van der Waals surface area contributed by atoms with Crippen LogP contribution in [0.4, 0.5) is 0 Å². The topological polar surface area (TPSA) is 57.6 Å². The van der Waals surface area contributed by atoms with Crippen LogP contribution in [0.3, 0.4) is 0 Å². The molecule has 0 unspecified atom stereocenters. The van der Waals surface area contributed by atoms with E-state index in [-0.39, 0.29) is 11.5 Å². The molecule has 0 heterocycles. The highest BCUT2D eigenvalue weighted by atomic mass is 16.4. The minimum atomic E-state index is -1.02. The number of carboxylic acid groups (broad SMARTS) is 1. The van der Waals surface area contributed by atoms with Gasteiger partial charge in [-0.2, -0.15) is 0 Å². The van der Waals surface area contributed by atoms with Crippen LogP contribution in [0, 0.1) is 5.92 Å². The van der Waals surface area contributed by atoms with Crippen LogP contribution in [0.25, 0.3) is 0 Å². The number of carbonyl (C=O) groups excluding carboxylic acids is 1. The summed E-state index contributed by atoms with van der Waals surface area (Å²) in [4.78, 5) is 24.6. The number of hydrogen-bond acceptors (Lipinski definition) is 2. The van der Waals surface area contributed by atoms with Gasteiger partial charge in [-0.25, -0.2) is 4.79 Å². The van der Waals surface area contributed by atoms with Crippen LogP contribution in [0.15, 0.2) is 11.1 Å². The second-order valence-corrected chi connectivity index (χ2v) is 5.24. The Balaban J connectivity index is 2.60. The van der Waals surface area contributed by atoms with Gasteiger partial charge < -0.3 is 10.0 Å². The lowest BCUT2D eigenvalue weighted by Gasteiger charge is -2.27. The molecule has 1 N–H and O–H groups in total. The van der Waals surface area contributed by atoms with E-state index in [0.717, 1.165) is 6.54 Å². The van der Waals surface area contributed by atoms with Crippen molar-refractivity contribution >= 4 is 11.9 Å². The second-order valence-electron chi connectivity index (χ2n) is 5.24. The Morgan fingerprint density at radius 3 is 2.17 bits per heavy atom.